The van der Waals surface area contributed by atoms with Gasteiger partial charge in [-0.2, -0.15) is 0 Å². The lowest BCUT2D eigenvalue weighted by Crippen LogP contribution is -2.08. The van der Waals surface area contributed by atoms with E-state index in [0.29, 0.717) is 21.7 Å². The number of ether oxygens (including phenoxy) is 1. The highest BCUT2D eigenvalue weighted by molar-refractivity contribution is 6.33. The highest BCUT2D eigenvalue weighted by Crippen LogP contribution is 2.29. The van der Waals surface area contributed by atoms with Gasteiger partial charge in [-0.1, -0.05) is 23.7 Å². The number of fused-ring (bicyclic) bond motifs is 2. The fourth-order valence-corrected chi connectivity index (χ4v) is 3.47. The zero-order valence-electron chi connectivity index (χ0n) is 13.4. The number of halogens is 1. The summed E-state index contributed by atoms with van der Waals surface area (Å²) in [6.07, 6.45) is 3.12. The normalized spacial score (nSPS) is 13.0. The van der Waals surface area contributed by atoms with Gasteiger partial charge in [-0.15, -0.1) is 0 Å². The van der Waals surface area contributed by atoms with E-state index in [1.807, 2.05) is 12.1 Å². The first-order valence-corrected chi connectivity index (χ1v) is 8.50. The van der Waals surface area contributed by atoms with Gasteiger partial charge in [-0.05, 0) is 54.7 Å². The zero-order chi connectivity index (χ0) is 17.4. The Morgan fingerprint density at radius 3 is 2.68 bits per heavy atom. The van der Waals surface area contributed by atoms with Gasteiger partial charge in [0.15, 0.2) is 0 Å². The summed E-state index contributed by atoms with van der Waals surface area (Å²) in [4.78, 5) is 24.1. The van der Waals surface area contributed by atoms with Crippen molar-refractivity contribution in [3.05, 3.63) is 80.2 Å². The Morgan fingerprint density at radius 2 is 1.88 bits per heavy atom. The number of hydrogen-bond acceptors (Lipinski definition) is 4. The molecule has 1 aliphatic rings. The molecule has 5 heteroatoms. The number of carbonyl (C=O) groups excluding carboxylic acids is 1. The summed E-state index contributed by atoms with van der Waals surface area (Å²) >= 11 is 6.02. The van der Waals surface area contributed by atoms with Crippen molar-refractivity contribution in [1.29, 1.82) is 0 Å². The van der Waals surface area contributed by atoms with Crippen molar-refractivity contribution in [1.82, 2.24) is 0 Å². The minimum atomic E-state index is -0.520. The van der Waals surface area contributed by atoms with Gasteiger partial charge < -0.3 is 9.15 Å². The Morgan fingerprint density at radius 1 is 1.12 bits per heavy atom. The van der Waals surface area contributed by atoms with Crippen LogP contribution in [0.5, 0.6) is 0 Å². The van der Waals surface area contributed by atoms with Gasteiger partial charge in [-0.3, -0.25) is 0 Å². The maximum absolute atomic E-state index is 12.2. The SMILES string of the molecule is O=C(OCc1cc(=O)oc2cc3c(cc12)CCC3)c1ccccc1Cl. The van der Waals surface area contributed by atoms with Gasteiger partial charge in [-0.25, -0.2) is 9.59 Å². The number of carbonyl (C=O) groups is 1. The molecule has 4 rings (SSSR count). The van der Waals surface area contributed by atoms with Crippen LogP contribution in [0.25, 0.3) is 11.0 Å². The maximum Gasteiger partial charge on any atom is 0.339 e. The second-order valence-electron chi connectivity index (χ2n) is 6.12. The summed E-state index contributed by atoms with van der Waals surface area (Å²) in [5, 5.41) is 1.15. The fraction of sp³-hybridized carbons (Fsp3) is 0.200. The molecule has 0 atom stereocenters. The third-order valence-electron chi connectivity index (χ3n) is 4.50. The Hall–Kier alpha value is -2.59. The molecule has 0 fully saturated rings. The minimum absolute atomic E-state index is 0.00898. The van der Waals surface area contributed by atoms with Crippen LogP contribution in [0, 0.1) is 0 Å². The molecule has 126 valence electrons. The average molecular weight is 355 g/mol. The van der Waals surface area contributed by atoms with Crippen molar-refractivity contribution >= 4 is 28.5 Å². The van der Waals surface area contributed by atoms with Crippen LogP contribution in [0.2, 0.25) is 5.02 Å². The lowest BCUT2D eigenvalue weighted by Gasteiger charge is -2.09. The Balaban J connectivity index is 1.66. The first-order chi connectivity index (χ1) is 12.1. The van der Waals surface area contributed by atoms with E-state index in [1.165, 1.54) is 17.2 Å². The molecule has 1 aromatic heterocycles. The number of benzene rings is 2. The van der Waals surface area contributed by atoms with E-state index >= 15 is 0 Å². The van der Waals surface area contributed by atoms with E-state index in [0.717, 1.165) is 24.6 Å². The minimum Gasteiger partial charge on any atom is -0.457 e. The molecule has 1 aliphatic carbocycles. The van der Waals surface area contributed by atoms with Crippen LogP contribution in [-0.4, -0.2) is 5.97 Å². The van der Waals surface area contributed by atoms with Crippen molar-refractivity contribution < 1.29 is 13.9 Å². The van der Waals surface area contributed by atoms with Crippen LogP contribution in [0.4, 0.5) is 0 Å². The summed E-state index contributed by atoms with van der Waals surface area (Å²) < 4.78 is 10.7. The summed E-state index contributed by atoms with van der Waals surface area (Å²) in [7, 11) is 0. The second kappa shape index (κ2) is 6.37. The number of aryl methyl sites for hydroxylation is 2. The number of rotatable bonds is 3. The van der Waals surface area contributed by atoms with E-state index in [9.17, 15) is 9.59 Å². The van der Waals surface area contributed by atoms with E-state index < -0.39 is 11.6 Å². The maximum atomic E-state index is 12.2. The van der Waals surface area contributed by atoms with Crippen molar-refractivity contribution in [3.8, 4) is 0 Å². The van der Waals surface area contributed by atoms with Gasteiger partial charge in [0, 0.05) is 17.0 Å². The molecule has 3 aromatic rings. The topological polar surface area (TPSA) is 56.5 Å². The molecular weight excluding hydrogens is 340 g/mol. The van der Waals surface area contributed by atoms with Crippen LogP contribution in [0.3, 0.4) is 0 Å². The van der Waals surface area contributed by atoms with Crippen molar-refractivity contribution in [2.75, 3.05) is 0 Å². The largest absolute Gasteiger partial charge is 0.457 e. The highest BCUT2D eigenvalue weighted by Gasteiger charge is 2.17. The van der Waals surface area contributed by atoms with Crippen LogP contribution in [0.15, 0.2) is 51.7 Å². The van der Waals surface area contributed by atoms with Crippen LogP contribution >= 0.6 is 11.6 Å². The third kappa shape index (κ3) is 3.05. The lowest BCUT2D eigenvalue weighted by molar-refractivity contribution is 0.0474. The molecule has 2 aromatic carbocycles. The molecule has 0 unspecified atom stereocenters. The quantitative estimate of drug-likeness (QED) is 0.520. The Bertz CT molecular complexity index is 1040. The Kier molecular flexibility index (Phi) is 4.06. The first-order valence-electron chi connectivity index (χ1n) is 8.12. The van der Waals surface area contributed by atoms with Crippen LogP contribution in [-0.2, 0) is 24.2 Å². The van der Waals surface area contributed by atoms with E-state index in [2.05, 4.69) is 0 Å². The van der Waals surface area contributed by atoms with E-state index in [-0.39, 0.29) is 6.61 Å². The molecule has 0 amide bonds. The molecule has 0 radical (unpaired) electrons. The monoisotopic (exact) mass is 354 g/mol. The van der Waals surface area contributed by atoms with Crippen molar-refractivity contribution in [2.45, 2.75) is 25.9 Å². The van der Waals surface area contributed by atoms with Gasteiger partial charge >= 0.3 is 11.6 Å². The van der Waals surface area contributed by atoms with Gasteiger partial charge in [0.25, 0.3) is 0 Å². The first kappa shape index (κ1) is 15.9. The molecular formula is C20H15ClO4. The lowest BCUT2D eigenvalue weighted by atomic mass is 10.0. The molecule has 4 nitrogen and oxygen atoms in total. The highest BCUT2D eigenvalue weighted by atomic mass is 35.5. The molecule has 0 spiro atoms. The van der Waals surface area contributed by atoms with Crippen molar-refractivity contribution in [2.24, 2.45) is 0 Å². The molecule has 25 heavy (non-hydrogen) atoms. The fourth-order valence-electron chi connectivity index (χ4n) is 3.26. The standard InChI is InChI=1S/C20H15ClO4/c21-17-7-2-1-6-15(17)20(23)24-11-14-10-19(22)25-18-9-13-5-3-4-12(13)8-16(14)18/h1-2,6-10H,3-5,11H2. The smallest absolute Gasteiger partial charge is 0.339 e. The summed E-state index contributed by atoms with van der Waals surface area (Å²) in [6.45, 7) is -0.00898. The number of hydrogen-bond donors (Lipinski definition) is 0. The summed E-state index contributed by atoms with van der Waals surface area (Å²) in [6, 6.07) is 12.1. The Labute approximate surface area is 149 Å². The third-order valence-corrected chi connectivity index (χ3v) is 4.82. The molecule has 1 heterocycles. The number of esters is 1. The van der Waals surface area contributed by atoms with Crippen LogP contribution in [0.1, 0.15) is 33.5 Å². The van der Waals surface area contributed by atoms with E-state index in [1.54, 1.807) is 24.3 Å². The van der Waals surface area contributed by atoms with Crippen LogP contribution < -0.4 is 5.63 Å². The predicted molar refractivity (Wildman–Crippen MR) is 95.1 cm³/mol. The summed E-state index contributed by atoms with van der Waals surface area (Å²) in [5.41, 5.74) is 3.52. The van der Waals surface area contributed by atoms with Gasteiger partial charge in [0.2, 0.25) is 0 Å². The predicted octanol–water partition coefficient (Wildman–Crippen LogP) is 4.29. The average Bonchev–Trinajstić information content (AvgIpc) is 3.05. The molecule has 0 N–H and O–H groups in total. The molecule has 0 saturated heterocycles. The second-order valence-corrected chi connectivity index (χ2v) is 6.52. The van der Waals surface area contributed by atoms with Gasteiger partial charge in [0.05, 0.1) is 10.6 Å². The molecule has 0 saturated carbocycles. The molecule has 0 bridgehead atoms. The molecule has 0 aliphatic heterocycles. The summed E-state index contributed by atoms with van der Waals surface area (Å²) in [5.74, 6) is -0.520. The van der Waals surface area contributed by atoms with E-state index in [4.69, 9.17) is 20.8 Å². The van der Waals surface area contributed by atoms with Gasteiger partial charge in [0.1, 0.15) is 12.2 Å². The van der Waals surface area contributed by atoms with Crippen molar-refractivity contribution in [3.63, 3.8) is 0 Å². The zero-order valence-corrected chi connectivity index (χ0v) is 14.1.